The molecule has 0 saturated carbocycles. The number of amides is 2. The third-order valence-electron chi connectivity index (χ3n) is 4.25. The van der Waals surface area contributed by atoms with E-state index in [0.29, 0.717) is 6.54 Å². The molecule has 2 N–H and O–H groups in total. The zero-order chi connectivity index (χ0) is 15.8. The maximum Gasteiger partial charge on any atom is 0.322 e. The largest absolute Gasteiger partial charge is 0.358 e. The van der Waals surface area contributed by atoms with Crippen LogP contribution in [0.1, 0.15) is 11.3 Å². The number of carbonyl (C=O) groups is 1. The number of hydrogen-bond donors (Lipinski definition) is 2. The first-order valence-corrected chi connectivity index (χ1v) is 8.40. The second-order valence-electron chi connectivity index (χ2n) is 5.74. The fourth-order valence-electron chi connectivity index (χ4n) is 3.11. The van der Waals surface area contributed by atoms with Crippen molar-refractivity contribution < 1.29 is 4.79 Å². The third-order valence-corrected chi connectivity index (χ3v) is 4.74. The molecule has 0 spiro atoms. The molecule has 1 aliphatic rings. The molecule has 0 atom stereocenters. The molecule has 0 aliphatic carbocycles. The summed E-state index contributed by atoms with van der Waals surface area (Å²) in [4.78, 5) is 17.9. The van der Waals surface area contributed by atoms with E-state index in [1.165, 1.54) is 16.6 Å². The highest BCUT2D eigenvalue weighted by molar-refractivity contribution is 9.10. The first-order chi connectivity index (χ1) is 11.2. The molecule has 0 radical (unpaired) electrons. The Hall–Kier alpha value is -2.27. The number of aromatic nitrogens is 1. The number of fused-ring (bicyclic) bond motifs is 3. The Labute approximate surface area is 142 Å². The molecule has 23 heavy (non-hydrogen) atoms. The minimum absolute atomic E-state index is 0.0565. The molecule has 2 amide bonds. The van der Waals surface area contributed by atoms with Crippen LogP contribution in [0.2, 0.25) is 0 Å². The van der Waals surface area contributed by atoms with Crippen LogP contribution in [0.5, 0.6) is 0 Å². The van der Waals surface area contributed by atoms with Gasteiger partial charge in [0, 0.05) is 51.8 Å². The van der Waals surface area contributed by atoms with E-state index in [1.54, 1.807) is 0 Å². The standard InChI is InChI=1S/C18H16BrN3O/c19-12-4-3-5-13(10-12)20-18(23)22-9-8-17-15(11-22)14-6-1-2-7-16(14)21-17/h1-7,10,21H,8-9,11H2,(H,20,23). The Morgan fingerprint density at radius 2 is 2.04 bits per heavy atom. The maximum absolute atomic E-state index is 12.5. The van der Waals surface area contributed by atoms with Gasteiger partial charge >= 0.3 is 6.03 Å². The van der Waals surface area contributed by atoms with Gasteiger partial charge in [0.1, 0.15) is 0 Å². The highest BCUT2D eigenvalue weighted by Crippen LogP contribution is 2.28. The Morgan fingerprint density at radius 1 is 1.17 bits per heavy atom. The maximum atomic E-state index is 12.5. The van der Waals surface area contributed by atoms with Crippen molar-refractivity contribution >= 4 is 38.6 Å². The number of para-hydroxylation sites is 1. The van der Waals surface area contributed by atoms with E-state index in [-0.39, 0.29) is 6.03 Å². The minimum Gasteiger partial charge on any atom is -0.358 e. The van der Waals surface area contributed by atoms with Gasteiger partial charge in [0.25, 0.3) is 0 Å². The van der Waals surface area contributed by atoms with Gasteiger partial charge < -0.3 is 15.2 Å². The second-order valence-corrected chi connectivity index (χ2v) is 6.66. The molecule has 4 rings (SSSR count). The van der Waals surface area contributed by atoms with Crippen molar-refractivity contribution in [3.05, 3.63) is 64.3 Å². The van der Waals surface area contributed by atoms with Crippen molar-refractivity contribution in [2.75, 3.05) is 11.9 Å². The molecule has 0 bridgehead atoms. The monoisotopic (exact) mass is 369 g/mol. The first-order valence-electron chi connectivity index (χ1n) is 7.60. The van der Waals surface area contributed by atoms with Gasteiger partial charge in [-0.2, -0.15) is 0 Å². The van der Waals surface area contributed by atoms with E-state index in [1.807, 2.05) is 41.3 Å². The van der Waals surface area contributed by atoms with E-state index in [2.05, 4.69) is 38.4 Å². The lowest BCUT2D eigenvalue weighted by Gasteiger charge is -2.27. The molecular formula is C18H16BrN3O. The number of benzene rings is 2. The SMILES string of the molecule is O=C(Nc1cccc(Br)c1)N1CCc2[nH]c3ccccc3c2C1. The predicted molar refractivity (Wildman–Crippen MR) is 95.6 cm³/mol. The summed E-state index contributed by atoms with van der Waals surface area (Å²) in [6.07, 6.45) is 0.857. The number of carbonyl (C=O) groups excluding carboxylic acids is 1. The van der Waals surface area contributed by atoms with Gasteiger partial charge in [0.15, 0.2) is 0 Å². The summed E-state index contributed by atoms with van der Waals surface area (Å²) in [6.45, 7) is 1.36. The number of halogens is 1. The number of urea groups is 1. The average Bonchev–Trinajstić information content (AvgIpc) is 2.92. The molecule has 1 aliphatic heterocycles. The molecule has 0 unspecified atom stereocenters. The Kier molecular flexibility index (Phi) is 3.58. The second kappa shape index (κ2) is 5.74. The van der Waals surface area contributed by atoms with Crippen LogP contribution >= 0.6 is 15.9 Å². The van der Waals surface area contributed by atoms with Gasteiger partial charge in [-0.05, 0) is 24.3 Å². The Balaban J connectivity index is 1.56. The van der Waals surface area contributed by atoms with Gasteiger partial charge in [0.05, 0.1) is 0 Å². The number of H-pyrrole nitrogens is 1. The Morgan fingerprint density at radius 3 is 2.91 bits per heavy atom. The number of nitrogens with zero attached hydrogens (tertiary/aromatic N) is 1. The molecule has 3 aromatic rings. The molecule has 4 nitrogen and oxygen atoms in total. The van der Waals surface area contributed by atoms with Crippen LogP contribution in [0.4, 0.5) is 10.5 Å². The van der Waals surface area contributed by atoms with Crippen molar-refractivity contribution in [2.45, 2.75) is 13.0 Å². The number of aromatic amines is 1. The van der Waals surface area contributed by atoms with Gasteiger partial charge in [-0.15, -0.1) is 0 Å². The average molecular weight is 370 g/mol. The summed E-state index contributed by atoms with van der Waals surface area (Å²) in [6, 6.07) is 15.9. The minimum atomic E-state index is -0.0565. The lowest BCUT2D eigenvalue weighted by Crippen LogP contribution is -2.38. The number of rotatable bonds is 1. The van der Waals surface area contributed by atoms with Crippen molar-refractivity contribution in [2.24, 2.45) is 0 Å². The molecular weight excluding hydrogens is 354 g/mol. The number of hydrogen-bond acceptors (Lipinski definition) is 1. The molecule has 2 heterocycles. The van der Waals surface area contributed by atoms with Crippen LogP contribution < -0.4 is 5.32 Å². The van der Waals surface area contributed by atoms with E-state index in [0.717, 1.165) is 28.6 Å². The van der Waals surface area contributed by atoms with Crippen LogP contribution in [-0.4, -0.2) is 22.5 Å². The van der Waals surface area contributed by atoms with Crippen LogP contribution in [-0.2, 0) is 13.0 Å². The zero-order valence-electron chi connectivity index (χ0n) is 12.5. The number of nitrogens with one attached hydrogen (secondary N) is 2. The van der Waals surface area contributed by atoms with Crippen molar-refractivity contribution in [3.8, 4) is 0 Å². The van der Waals surface area contributed by atoms with Gasteiger partial charge in [-0.3, -0.25) is 0 Å². The molecule has 2 aromatic carbocycles. The summed E-state index contributed by atoms with van der Waals surface area (Å²) in [5.41, 5.74) is 4.43. The van der Waals surface area contributed by atoms with E-state index < -0.39 is 0 Å². The summed E-state index contributed by atoms with van der Waals surface area (Å²) in [5, 5.41) is 4.18. The van der Waals surface area contributed by atoms with E-state index >= 15 is 0 Å². The van der Waals surface area contributed by atoms with E-state index in [9.17, 15) is 4.79 Å². The summed E-state index contributed by atoms with van der Waals surface area (Å²) in [5.74, 6) is 0. The molecule has 0 saturated heterocycles. The molecule has 0 fully saturated rings. The lowest BCUT2D eigenvalue weighted by molar-refractivity contribution is 0.206. The predicted octanol–water partition coefficient (Wildman–Crippen LogP) is 4.52. The molecule has 1 aromatic heterocycles. The molecule has 116 valence electrons. The highest BCUT2D eigenvalue weighted by Gasteiger charge is 2.23. The summed E-state index contributed by atoms with van der Waals surface area (Å²) < 4.78 is 0.952. The van der Waals surface area contributed by atoms with Crippen molar-refractivity contribution in [1.82, 2.24) is 9.88 Å². The summed E-state index contributed by atoms with van der Waals surface area (Å²) in [7, 11) is 0. The van der Waals surface area contributed by atoms with Gasteiger partial charge in [-0.25, -0.2) is 4.79 Å². The highest BCUT2D eigenvalue weighted by atomic mass is 79.9. The third kappa shape index (κ3) is 2.72. The van der Waals surface area contributed by atoms with Crippen LogP contribution in [0, 0.1) is 0 Å². The molecule has 5 heteroatoms. The van der Waals surface area contributed by atoms with Gasteiger partial charge in [-0.1, -0.05) is 40.2 Å². The first kappa shape index (κ1) is 14.3. The number of anilines is 1. The lowest BCUT2D eigenvalue weighted by atomic mass is 10.0. The van der Waals surface area contributed by atoms with Crippen LogP contribution in [0.15, 0.2) is 53.0 Å². The van der Waals surface area contributed by atoms with Gasteiger partial charge in [0.2, 0.25) is 0 Å². The van der Waals surface area contributed by atoms with Crippen molar-refractivity contribution in [1.29, 1.82) is 0 Å². The topological polar surface area (TPSA) is 48.1 Å². The fourth-order valence-corrected chi connectivity index (χ4v) is 3.51. The zero-order valence-corrected chi connectivity index (χ0v) is 14.1. The van der Waals surface area contributed by atoms with E-state index in [4.69, 9.17) is 0 Å². The van der Waals surface area contributed by atoms with Crippen molar-refractivity contribution in [3.63, 3.8) is 0 Å². The smallest absolute Gasteiger partial charge is 0.322 e. The fraction of sp³-hybridized carbons (Fsp3) is 0.167. The quantitative estimate of drug-likeness (QED) is 0.650. The summed E-state index contributed by atoms with van der Waals surface area (Å²) >= 11 is 3.42. The van der Waals surface area contributed by atoms with Crippen LogP contribution in [0.3, 0.4) is 0 Å². The Bertz CT molecular complexity index is 887. The van der Waals surface area contributed by atoms with Crippen LogP contribution in [0.25, 0.3) is 10.9 Å². The normalized spacial score (nSPS) is 13.9.